The third kappa shape index (κ3) is 7.32. The van der Waals surface area contributed by atoms with Crippen LogP contribution in [0.4, 0.5) is 4.39 Å². The van der Waals surface area contributed by atoms with E-state index in [0.29, 0.717) is 12.6 Å². The van der Waals surface area contributed by atoms with Gasteiger partial charge in [0.15, 0.2) is 5.96 Å². The highest BCUT2D eigenvalue weighted by atomic mass is 127. The van der Waals surface area contributed by atoms with Crippen LogP contribution < -0.4 is 10.6 Å². The van der Waals surface area contributed by atoms with E-state index in [0.717, 1.165) is 50.9 Å². The number of likely N-dealkylation sites (N-methyl/N-ethyl adjacent to an activating group) is 1. The van der Waals surface area contributed by atoms with E-state index in [1.165, 1.54) is 37.9 Å². The van der Waals surface area contributed by atoms with Crippen LogP contribution >= 0.6 is 24.0 Å². The number of halogens is 2. The Kier molecular flexibility index (Phi) is 11.3. The number of likely N-dealkylation sites (tertiary alicyclic amines) is 1. The van der Waals surface area contributed by atoms with Gasteiger partial charge in [-0.05, 0) is 43.6 Å². The third-order valence-corrected chi connectivity index (χ3v) is 6.09. The molecule has 0 saturated carbocycles. The first-order valence-electron chi connectivity index (χ1n) is 11.0. The van der Waals surface area contributed by atoms with Gasteiger partial charge in [-0.1, -0.05) is 25.5 Å². The Bertz CT molecular complexity index is 639. The van der Waals surface area contributed by atoms with Crippen molar-refractivity contribution in [2.24, 2.45) is 4.99 Å². The zero-order valence-corrected chi connectivity index (χ0v) is 20.6. The second-order valence-electron chi connectivity index (χ2n) is 7.83. The number of morpholine rings is 1. The molecule has 0 radical (unpaired) electrons. The summed E-state index contributed by atoms with van der Waals surface area (Å²) in [6.07, 6.45) is 3.85. The fourth-order valence-electron chi connectivity index (χ4n) is 4.37. The maximum Gasteiger partial charge on any atom is 0.191 e. The lowest BCUT2D eigenvalue weighted by molar-refractivity contribution is 0.0170. The summed E-state index contributed by atoms with van der Waals surface area (Å²) in [5, 5.41) is 7.01. The lowest BCUT2D eigenvalue weighted by atomic mass is 10.0. The molecule has 2 aliphatic heterocycles. The van der Waals surface area contributed by atoms with Gasteiger partial charge in [0, 0.05) is 39.3 Å². The quantitative estimate of drug-likeness (QED) is 0.321. The molecule has 0 aromatic heterocycles. The Labute approximate surface area is 197 Å². The molecule has 2 fully saturated rings. The number of nitrogens with zero attached hydrogens (tertiary/aromatic N) is 3. The normalized spacial score (nSPS) is 22.2. The van der Waals surface area contributed by atoms with E-state index in [2.05, 4.69) is 32.3 Å². The molecule has 1 aromatic rings. The number of piperidine rings is 1. The topological polar surface area (TPSA) is 52.1 Å². The van der Waals surface area contributed by atoms with Crippen molar-refractivity contribution in [3.05, 3.63) is 35.6 Å². The first-order chi connectivity index (χ1) is 14.2. The highest BCUT2D eigenvalue weighted by Gasteiger charge is 2.24. The zero-order chi connectivity index (χ0) is 20.5. The molecule has 1 aromatic carbocycles. The Morgan fingerprint density at radius 3 is 2.57 bits per heavy atom. The number of hydrogen-bond donors (Lipinski definition) is 2. The molecular formula is C22H37FIN5O. The van der Waals surface area contributed by atoms with Crippen LogP contribution in [0.1, 0.15) is 37.8 Å². The highest BCUT2D eigenvalue weighted by Crippen LogP contribution is 2.22. The maximum atomic E-state index is 13.4. The lowest BCUT2D eigenvalue weighted by Gasteiger charge is -2.36. The molecule has 2 N–H and O–H groups in total. The van der Waals surface area contributed by atoms with Crippen LogP contribution in [0.2, 0.25) is 0 Å². The van der Waals surface area contributed by atoms with Crippen LogP contribution in [-0.2, 0) is 4.74 Å². The van der Waals surface area contributed by atoms with E-state index >= 15 is 0 Å². The van der Waals surface area contributed by atoms with E-state index in [9.17, 15) is 4.39 Å². The summed E-state index contributed by atoms with van der Waals surface area (Å²) in [4.78, 5) is 9.38. The molecule has 2 unspecified atom stereocenters. The smallest absolute Gasteiger partial charge is 0.191 e. The van der Waals surface area contributed by atoms with Crippen molar-refractivity contribution >= 4 is 29.9 Å². The van der Waals surface area contributed by atoms with Crippen LogP contribution in [0.3, 0.4) is 0 Å². The largest absolute Gasteiger partial charge is 0.379 e. The molecular weight excluding hydrogens is 496 g/mol. The summed E-state index contributed by atoms with van der Waals surface area (Å²) in [7, 11) is 1.81. The van der Waals surface area contributed by atoms with Crippen molar-refractivity contribution < 1.29 is 9.13 Å². The number of ether oxygens (including phenoxy) is 1. The molecule has 2 heterocycles. The van der Waals surface area contributed by atoms with Crippen LogP contribution in [0.5, 0.6) is 0 Å². The van der Waals surface area contributed by atoms with E-state index in [1.54, 1.807) is 0 Å². The van der Waals surface area contributed by atoms with Crippen molar-refractivity contribution in [3.8, 4) is 0 Å². The number of aliphatic imine (C=N–C) groups is 1. The Hall–Kier alpha value is -0.970. The van der Waals surface area contributed by atoms with Gasteiger partial charge in [0.2, 0.25) is 0 Å². The standard InChI is InChI=1S/C22H36FN5O.HI/c1-3-27-11-5-4-6-20(27)16-25-22(24-2)26-17-21(28-12-14-29-15-13-28)18-7-9-19(23)10-8-18;/h7-10,20-21H,3-6,11-17H2,1-2H3,(H2,24,25,26);1H. The van der Waals surface area contributed by atoms with Gasteiger partial charge in [0.25, 0.3) is 0 Å². The zero-order valence-electron chi connectivity index (χ0n) is 18.3. The minimum atomic E-state index is -0.201. The van der Waals surface area contributed by atoms with Gasteiger partial charge in [0.1, 0.15) is 5.82 Å². The molecule has 0 bridgehead atoms. The molecule has 0 spiro atoms. The summed E-state index contributed by atoms with van der Waals surface area (Å²) >= 11 is 0. The predicted octanol–water partition coefficient (Wildman–Crippen LogP) is 2.86. The van der Waals surface area contributed by atoms with Crippen LogP contribution in [-0.4, -0.2) is 81.3 Å². The Balaban J connectivity index is 0.00000320. The van der Waals surface area contributed by atoms with Crippen molar-refractivity contribution in [2.45, 2.75) is 38.3 Å². The Morgan fingerprint density at radius 1 is 1.17 bits per heavy atom. The van der Waals surface area contributed by atoms with Gasteiger partial charge < -0.3 is 15.4 Å². The maximum absolute atomic E-state index is 13.4. The number of nitrogens with one attached hydrogen (secondary N) is 2. The summed E-state index contributed by atoms with van der Waals surface area (Å²) < 4.78 is 18.9. The number of hydrogen-bond acceptors (Lipinski definition) is 4. The number of rotatable bonds is 7. The van der Waals surface area contributed by atoms with Gasteiger partial charge >= 0.3 is 0 Å². The Morgan fingerprint density at radius 2 is 1.90 bits per heavy atom. The average Bonchev–Trinajstić information content (AvgIpc) is 2.78. The third-order valence-electron chi connectivity index (χ3n) is 6.09. The van der Waals surface area contributed by atoms with Crippen molar-refractivity contribution in [1.29, 1.82) is 0 Å². The first-order valence-corrected chi connectivity index (χ1v) is 11.0. The van der Waals surface area contributed by atoms with Crippen LogP contribution in [0.15, 0.2) is 29.3 Å². The fraction of sp³-hybridized carbons (Fsp3) is 0.682. The second kappa shape index (κ2) is 13.4. The summed E-state index contributed by atoms with van der Waals surface area (Å²) in [6.45, 7) is 9.38. The van der Waals surface area contributed by atoms with Gasteiger partial charge in [-0.3, -0.25) is 14.8 Å². The van der Waals surface area contributed by atoms with E-state index in [4.69, 9.17) is 4.74 Å². The molecule has 30 heavy (non-hydrogen) atoms. The number of guanidine groups is 1. The average molecular weight is 533 g/mol. The summed E-state index contributed by atoms with van der Waals surface area (Å²) in [6, 6.07) is 7.57. The predicted molar refractivity (Wildman–Crippen MR) is 131 cm³/mol. The minimum absolute atomic E-state index is 0. The van der Waals surface area contributed by atoms with Gasteiger partial charge in [-0.2, -0.15) is 0 Å². The van der Waals surface area contributed by atoms with Crippen LogP contribution in [0.25, 0.3) is 0 Å². The fourth-order valence-corrected chi connectivity index (χ4v) is 4.37. The monoisotopic (exact) mass is 533 g/mol. The van der Waals surface area contributed by atoms with Gasteiger partial charge in [0.05, 0.1) is 19.3 Å². The minimum Gasteiger partial charge on any atom is -0.379 e. The molecule has 2 aliphatic rings. The van der Waals surface area contributed by atoms with Crippen molar-refractivity contribution in [2.75, 3.05) is 59.5 Å². The second-order valence-corrected chi connectivity index (χ2v) is 7.83. The van der Waals surface area contributed by atoms with E-state index in [-0.39, 0.29) is 35.8 Å². The SMILES string of the molecule is CCN1CCCCC1CNC(=NC)NCC(c1ccc(F)cc1)N1CCOCC1.I. The molecule has 8 heteroatoms. The molecule has 2 saturated heterocycles. The number of benzene rings is 1. The van der Waals surface area contributed by atoms with E-state index < -0.39 is 0 Å². The molecule has 3 rings (SSSR count). The molecule has 6 nitrogen and oxygen atoms in total. The lowest BCUT2D eigenvalue weighted by Crippen LogP contribution is -2.50. The molecule has 0 amide bonds. The summed E-state index contributed by atoms with van der Waals surface area (Å²) in [5.41, 5.74) is 1.11. The molecule has 2 atom stereocenters. The van der Waals surface area contributed by atoms with Crippen LogP contribution in [0, 0.1) is 5.82 Å². The highest BCUT2D eigenvalue weighted by molar-refractivity contribution is 14.0. The van der Waals surface area contributed by atoms with Crippen molar-refractivity contribution in [3.63, 3.8) is 0 Å². The summed E-state index contributed by atoms with van der Waals surface area (Å²) in [5.74, 6) is 0.625. The van der Waals surface area contributed by atoms with Gasteiger partial charge in [-0.25, -0.2) is 4.39 Å². The van der Waals surface area contributed by atoms with Gasteiger partial charge in [-0.15, -0.1) is 24.0 Å². The van der Waals surface area contributed by atoms with Crippen molar-refractivity contribution in [1.82, 2.24) is 20.4 Å². The molecule has 170 valence electrons. The molecule has 0 aliphatic carbocycles. The first kappa shape index (κ1) is 25.3. The van der Waals surface area contributed by atoms with E-state index in [1.807, 2.05) is 19.2 Å².